The van der Waals surface area contributed by atoms with Crippen LogP contribution in [0.1, 0.15) is 16.8 Å². The molecule has 0 radical (unpaired) electrons. The van der Waals surface area contributed by atoms with Crippen molar-refractivity contribution in [3.05, 3.63) is 63.0 Å². The Hall–Kier alpha value is -2.12. The van der Waals surface area contributed by atoms with Crippen molar-refractivity contribution in [1.29, 1.82) is 0 Å². The van der Waals surface area contributed by atoms with Gasteiger partial charge in [-0.1, -0.05) is 30.0 Å². The van der Waals surface area contributed by atoms with Crippen LogP contribution in [0.5, 0.6) is 0 Å². The highest BCUT2D eigenvalue weighted by Gasteiger charge is 2.06. The lowest BCUT2D eigenvalue weighted by Crippen LogP contribution is -2.13. The van der Waals surface area contributed by atoms with E-state index in [2.05, 4.69) is 9.98 Å². The summed E-state index contributed by atoms with van der Waals surface area (Å²) in [5, 5.41) is 2.31. The summed E-state index contributed by atoms with van der Waals surface area (Å²) in [5.74, 6) is 0.518. The smallest absolute Gasteiger partial charge is 0.258 e. The minimum absolute atomic E-state index is 0.0721. The molecule has 2 heterocycles. The molecule has 1 aromatic carbocycles. The summed E-state index contributed by atoms with van der Waals surface area (Å²) in [4.78, 5) is 21.6. The second-order valence-corrected chi connectivity index (χ2v) is 6.99. The van der Waals surface area contributed by atoms with E-state index in [0.717, 1.165) is 16.8 Å². The van der Waals surface area contributed by atoms with Crippen molar-refractivity contribution in [2.24, 2.45) is 10.7 Å². The van der Waals surface area contributed by atoms with Crippen LogP contribution in [0.2, 0.25) is 0 Å². The highest BCUT2D eigenvalue weighted by molar-refractivity contribution is 8.13. The molecule has 0 saturated heterocycles. The average Bonchev–Trinajstić information content (AvgIpc) is 2.98. The number of nitrogens with two attached hydrogens (primary N) is 1. The number of rotatable bonds is 3. The van der Waals surface area contributed by atoms with Crippen molar-refractivity contribution in [2.75, 3.05) is 0 Å². The van der Waals surface area contributed by atoms with E-state index in [1.165, 1.54) is 27.5 Å². The van der Waals surface area contributed by atoms with E-state index in [9.17, 15) is 4.79 Å². The molecule has 0 amide bonds. The molecule has 2 N–H and O–H groups in total. The summed E-state index contributed by atoms with van der Waals surface area (Å²) in [6.45, 7) is 4.02. The fourth-order valence-electron chi connectivity index (χ4n) is 2.23. The molecular formula is C16H16N4OS2. The van der Waals surface area contributed by atoms with Crippen molar-refractivity contribution in [2.45, 2.75) is 19.6 Å². The molecule has 23 heavy (non-hydrogen) atoms. The van der Waals surface area contributed by atoms with Gasteiger partial charge in [0.25, 0.3) is 5.56 Å². The first-order valence-corrected chi connectivity index (χ1v) is 8.90. The lowest BCUT2D eigenvalue weighted by molar-refractivity contribution is 1.04. The Kier molecular flexibility index (Phi) is 4.49. The predicted molar refractivity (Wildman–Crippen MR) is 97.8 cm³/mol. The maximum atomic E-state index is 11.9. The van der Waals surface area contributed by atoms with Gasteiger partial charge in [-0.05, 0) is 25.0 Å². The Balaban J connectivity index is 1.79. The van der Waals surface area contributed by atoms with E-state index in [1.54, 1.807) is 12.3 Å². The molecule has 3 aromatic rings. The zero-order valence-electron chi connectivity index (χ0n) is 12.8. The number of benzene rings is 1. The fourth-order valence-corrected chi connectivity index (χ4v) is 3.57. The van der Waals surface area contributed by atoms with Crippen molar-refractivity contribution >= 4 is 38.9 Å². The standard InChI is InChI=1S/C16H16N4OS2/c1-10-4-3-5-11(2)14(10)19-15(17)23-9-12-8-13(21)20-6-7-22-16(20)18-12/h3-8H,9H2,1-2H3,(H2,17,19). The Morgan fingerprint density at radius 3 is 2.87 bits per heavy atom. The SMILES string of the molecule is Cc1cccc(C)c1N=C(N)SCc1cc(=O)n2ccsc2n1. The second-order valence-electron chi connectivity index (χ2n) is 5.12. The number of fused-ring (bicyclic) bond motifs is 1. The van der Waals surface area contributed by atoms with Crippen molar-refractivity contribution in [3.8, 4) is 0 Å². The quantitative estimate of drug-likeness (QED) is 0.585. The van der Waals surface area contributed by atoms with Gasteiger partial charge in [-0.15, -0.1) is 11.3 Å². The molecule has 0 atom stereocenters. The lowest BCUT2D eigenvalue weighted by atomic mass is 10.1. The van der Waals surface area contributed by atoms with Crippen LogP contribution < -0.4 is 11.3 Å². The number of aromatic nitrogens is 2. The minimum atomic E-state index is -0.0721. The summed E-state index contributed by atoms with van der Waals surface area (Å²) in [6.07, 6.45) is 1.73. The Bertz CT molecular complexity index is 922. The van der Waals surface area contributed by atoms with Crippen LogP contribution >= 0.6 is 23.1 Å². The first-order valence-electron chi connectivity index (χ1n) is 7.03. The first kappa shape index (κ1) is 15.8. The number of amidine groups is 1. The van der Waals surface area contributed by atoms with E-state index in [0.29, 0.717) is 21.6 Å². The molecular weight excluding hydrogens is 328 g/mol. The topological polar surface area (TPSA) is 72.8 Å². The Morgan fingerprint density at radius 1 is 1.39 bits per heavy atom. The molecule has 0 aliphatic heterocycles. The number of thiazole rings is 1. The number of aliphatic imine (C=N–C) groups is 1. The first-order chi connectivity index (χ1) is 11.0. The number of hydrogen-bond donors (Lipinski definition) is 1. The number of nitrogens with zero attached hydrogens (tertiary/aromatic N) is 3. The zero-order chi connectivity index (χ0) is 16.4. The Morgan fingerprint density at radius 2 is 2.13 bits per heavy atom. The van der Waals surface area contributed by atoms with Gasteiger partial charge in [-0.25, -0.2) is 9.98 Å². The minimum Gasteiger partial charge on any atom is -0.378 e. The molecule has 2 aromatic heterocycles. The molecule has 118 valence electrons. The van der Waals surface area contributed by atoms with E-state index >= 15 is 0 Å². The van der Waals surface area contributed by atoms with Crippen LogP contribution in [0.15, 0.2) is 45.6 Å². The van der Waals surface area contributed by atoms with Gasteiger partial charge in [0, 0.05) is 23.4 Å². The van der Waals surface area contributed by atoms with E-state index in [-0.39, 0.29) is 5.56 Å². The molecule has 0 aliphatic carbocycles. The molecule has 0 saturated carbocycles. The van der Waals surface area contributed by atoms with Crippen molar-refractivity contribution in [3.63, 3.8) is 0 Å². The highest BCUT2D eigenvalue weighted by Crippen LogP contribution is 2.24. The zero-order valence-corrected chi connectivity index (χ0v) is 14.4. The lowest BCUT2D eigenvalue weighted by Gasteiger charge is -2.06. The second kappa shape index (κ2) is 6.55. The van der Waals surface area contributed by atoms with Gasteiger partial charge in [0.1, 0.15) is 0 Å². The molecule has 0 spiro atoms. The summed E-state index contributed by atoms with van der Waals surface area (Å²) < 4.78 is 1.53. The summed E-state index contributed by atoms with van der Waals surface area (Å²) in [5.41, 5.74) is 9.74. The third-order valence-electron chi connectivity index (χ3n) is 3.39. The number of para-hydroxylation sites is 1. The number of aryl methyl sites for hydroxylation is 2. The van der Waals surface area contributed by atoms with Crippen LogP contribution in [0.4, 0.5) is 5.69 Å². The van der Waals surface area contributed by atoms with Gasteiger partial charge < -0.3 is 5.73 Å². The van der Waals surface area contributed by atoms with Crippen LogP contribution in [-0.4, -0.2) is 14.6 Å². The molecule has 5 nitrogen and oxygen atoms in total. The van der Waals surface area contributed by atoms with Gasteiger partial charge in [0.15, 0.2) is 10.1 Å². The van der Waals surface area contributed by atoms with Crippen LogP contribution in [-0.2, 0) is 5.75 Å². The van der Waals surface area contributed by atoms with Crippen molar-refractivity contribution < 1.29 is 0 Å². The van der Waals surface area contributed by atoms with E-state index in [1.807, 2.05) is 37.4 Å². The molecule has 7 heteroatoms. The van der Waals surface area contributed by atoms with E-state index < -0.39 is 0 Å². The molecule has 3 rings (SSSR count). The van der Waals surface area contributed by atoms with Gasteiger partial charge in [0.2, 0.25) is 0 Å². The largest absolute Gasteiger partial charge is 0.378 e. The third-order valence-corrected chi connectivity index (χ3v) is 4.97. The monoisotopic (exact) mass is 344 g/mol. The number of thioether (sulfide) groups is 1. The normalized spacial score (nSPS) is 12.0. The molecule has 0 aliphatic rings. The van der Waals surface area contributed by atoms with Crippen LogP contribution in [0, 0.1) is 13.8 Å². The fraction of sp³-hybridized carbons (Fsp3) is 0.188. The molecule has 0 unspecified atom stereocenters. The summed E-state index contributed by atoms with van der Waals surface area (Å²) in [6, 6.07) is 7.56. The van der Waals surface area contributed by atoms with E-state index in [4.69, 9.17) is 5.73 Å². The maximum absolute atomic E-state index is 11.9. The number of hydrogen-bond acceptors (Lipinski definition) is 5. The highest BCUT2D eigenvalue weighted by atomic mass is 32.2. The Labute approximate surface area is 141 Å². The van der Waals surface area contributed by atoms with Crippen LogP contribution in [0.3, 0.4) is 0 Å². The molecule has 0 bridgehead atoms. The van der Waals surface area contributed by atoms with Gasteiger partial charge >= 0.3 is 0 Å². The van der Waals surface area contributed by atoms with Gasteiger partial charge in [-0.3, -0.25) is 9.20 Å². The predicted octanol–water partition coefficient (Wildman–Crippen LogP) is 3.25. The van der Waals surface area contributed by atoms with Crippen LogP contribution in [0.25, 0.3) is 4.96 Å². The summed E-state index contributed by atoms with van der Waals surface area (Å²) in [7, 11) is 0. The maximum Gasteiger partial charge on any atom is 0.258 e. The average molecular weight is 344 g/mol. The third kappa shape index (κ3) is 3.46. The molecule has 0 fully saturated rings. The summed E-state index contributed by atoms with van der Waals surface area (Å²) >= 11 is 2.82. The van der Waals surface area contributed by atoms with Gasteiger partial charge in [-0.2, -0.15) is 0 Å². The van der Waals surface area contributed by atoms with Crippen molar-refractivity contribution in [1.82, 2.24) is 9.38 Å². The van der Waals surface area contributed by atoms with Gasteiger partial charge in [0.05, 0.1) is 11.4 Å².